The standard InChI is InChI=1S/C15H23NO/c1-4-15-14(9-10-16-15)12-5-7-13(8-6-12)17-11(2)3/h5-8,11,14-16H,4,9-10H2,1-3H3. The molecule has 1 N–H and O–H groups in total. The molecule has 94 valence electrons. The Balaban J connectivity index is 2.07. The summed E-state index contributed by atoms with van der Waals surface area (Å²) in [6.07, 6.45) is 2.70. The van der Waals surface area contributed by atoms with Crippen molar-refractivity contribution in [1.82, 2.24) is 5.32 Å². The van der Waals surface area contributed by atoms with E-state index in [0.29, 0.717) is 12.0 Å². The fourth-order valence-corrected chi connectivity index (χ4v) is 2.66. The Morgan fingerprint density at radius 3 is 2.59 bits per heavy atom. The lowest BCUT2D eigenvalue weighted by Gasteiger charge is -2.19. The molecule has 1 aromatic rings. The van der Waals surface area contributed by atoms with Crippen molar-refractivity contribution in [3.05, 3.63) is 29.8 Å². The van der Waals surface area contributed by atoms with Gasteiger partial charge in [-0.25, -0.2) is 0 Å². The van der Waals surface area contributed by atoms with Crippen LogP contribution >= 0.6 is 0 Å². The third-order valence-corrected chi connectivity index (χ3v) is 3.47. The monoisotopic (exact) mass is 233 g/mol. The van der Waals surface area contributed by atoms with Gasteiger partial charge in [0, 0.05) is 12.0 Å². The molecule has 1 heterocycles. The summed E-state index contributed by atoms with van der Waals surface area (Å²) in [5.41, 5.74) is 1.44. The van der Waals surface area contributed by atoms with Crippen molar-refractivity contribution in [1.29, 1.82) is 0 Å². The molecule has 1 saturated heterocycles. The highest BCUT2D eigenvalue weighted by molar-refractivity contribution is 5.31. The molecule has 17 heavy (non-hydrogen) atoms. The molecule has 0 saturated carbocycles. The number of rotatable bonds is 4. The van der Waals surface area contributed by atoms with Crippen LogP contribution in [0.2, 0.25) is 0 Å². The molecule has 2 atom stereocenters. The Morgan fingerprint density at radius 2 is 2.00 bits per heavy atom. The first-order valence-corrected chi connectivity index (χ1v) is 6.70. The number of benzene rings is 1. The predicted octanol–water partition coefficient (Wildman–Crippen LogP) is 3.33. The smallest absolute Gasteiger partial charge is 0.119 e. The van der Waals surface area contributed by atoms with Gasteiger partial charge in [0.25, 0.3) is 0 Å². The van der Waals surface area contributed by atoms with E-state index in [1.807, 2.05) is 0 Å². The Kier molecular flexibility index (Phi) is 4.06. The molecule has 2 rings (SSSR count). The molecular weight excluding hydrogens is 210 g/mol. The van der Waals surface area contributed by atoms with Crippen molar-refractivity contribution < 1.29 is 4.74 Å². The summed E-state index contributed by atoms with van der Waals surface area (Å²) in [5.74, 6) is 1.65. The summed E-state index contributed by atoms with van der Waals surface area (Å²) < 4.78 is 5.67. The van der Waals surface area contributed by atoms with Crippen LogP contribution in [-0.4, -0.2) is 18.7 Å². The van der Waals surface area contributed by atoms with Gasteiger partial charge in [-0.2, -0.15) is 0 Å². The normalized spacial score (nSPS) is 24.2. The fraction of sp³-hybridized carbons (Fsp3) is 0.600. The highest BCUT2D eigenvalue weighted by atomic mass is 16.5. The van der Waals surface area contributed by atoms with Crippen molar-refractivity contribution in [2.24, 2.45) is 0 Å². The topological polar surface area (TPSA) is 21.3 Å². The maximum atomic E-state index is 5.67. The van der Waals surface area contributed by atoms with Crippen LogP contribution < -0.4 is 10.1 Å². The molecule has 2 heteroatoms. The van der Waals surface area contributed by atoms with Gasteiger partial charge in [0.2, 0.25) is 0 Å². The Labute approximate surface area is 104 Å². The minimum absolute atomic E-state index is 0.248. The zero-order valence-corrected chi connectivity index (χ0v) is 11.1. The molecule has 0 radical (unpaired) electrons. The van der Waals surface area contributed by atoms with Crippen LogP contribution in [0.1, 0.15) is 45.1 Å². The summed E-state index contributed by atoms with van der Waals surface area (Å²) in [6.45, 7) is 7.52. The van der Waals surface area contributed by atoms with Crippen molar-refractivity contribution in [2.45, 2.75) is 51.7 Å². The lowest BCUT2D eigenvalue weighted by atomic mass is 9.91. The Bertz CT molecular complexity index is 344. The number of hydrogen-bond donors (Lipinski definition) is 1. The predicted molar refractivity (Wildman–Crippen MR) is 71.6 cm³/mol. The average Bonchev–Trinajstić information content (AvgIpc) is 2.77. The molecule has 1 aliphatic heterocycles. The largest absolute Gasteiger partial charge is 0.491 e. The molecule has 0 spiro atoms. The first-order valence-electron chi connectivity index (χ1n) is 6.70. The second-order valence-corrected chi connectivity index (χ2v) is 5.10. The molecule has 2 unspecified atom stereocenters. The second kappa shape index (κ2) is 5.54. The van der Waals surface area contributed by atoms with Crippen molar-refractivity contribution in [2.75, 3.05) is 6.54 Å². The van der Waals surface area contributed by atoms with Crippen molar-refractivity contribution in [3.8, 4) is 5.75 Å². The van der Waals surface area contributed by atoms with E-state index in [2.05, 4.69) is 50.4 Å². The Hall–Kier alpha value is -1.02. The summed E-state index contributed by atoms with van der Waals surface area (Å²) >= 11 is 0. The van der Waals surface area contributed by atoms with Crippen LogP contribution in [0.4, 0.5) is 0 Å². The van der Waals surface area contributed by atoms with Gasteiger partial charge < -0.3 is 10.1 Å². The highest BCUT2D eigenvalue weighted by Crippen LogP contribution is 2.30. The van der Waals surface area contributed by atoms with Gasteiger partial charge in [0.05, 0.1) is 6.10 Å². The van der Waals surface area contributed by atoms with E-state index >= 15 is 0 Å². The first-order chi connectivity index (χ1) is 8.20. The lowest BCUT2D eigenvalue weighted by Crippen LogP contribution is -2.24. The van der Waals surface area contributed by atoms with Gasteiger partial charge in [-0.05, 0) is 50.9 Å². The maximum absolute atomic E-state index is 5.67. The third-order valence-electron chi connectivity index (χ3n) is 3.47. The molecule has 1 fully saturated rings. The summed E-state index contributed by atoms with van der Waals surface area (Å²) in [7, 11) is 0. The van der Waals surface area contributed by atoms with Crippen LogP contribution in [0.15, 0.2) is 24.3 Å². The Morgan fingerprint density at radius 1 is 1.29 bits per heavy atom. The van der Waals surface area contributed by atoms with Crippen LogP contribution in [0, 0.1) is 0 Å². The molecule has 0 aromatic heterocycles. The van der Waals surface area contributed by atoms with Gasteiger partial charge in [-0.15, -0.1) is 0 Å². The van der Waals surface area contributed by atoms with E-state index in [1.165, 1.54) is 18.4 Å². The quantitative estimate of drug-likeness (QED) is 0.861. The van der Waals surface area contributed by atoms with Gasteiger partial charge in [0.15, 0.2) is 0 Å². The van der Waals surface area contributed by atoms with Crippen LogP contribution in [0.5, 0.6) is 5.75 Å². The average molecular weight is 233 g/mol. The van der Waals surface area contributed by atoms with E-state index < -0.39 is 0 Å². The minimum Gasteiger partial charge on any atom is -0.491 e. The van der Waals surface area contributed by atoms with E-state index in [9.17, 15) is 0 Å². The molecule has 1 aliphatic rings. The number of ether oxygens (including phenoxy) is 1. The van der Waals surface area contributed by atoms with Gasteiger partial charge in [0.1, 0.15) is 5.75 Å². The molecule has 1 aromatic carbocycles. The molecule has 0 bridgehead atoms. The summed E-state index contributed by atoms with van der Waals surface area (Å²) in [6, 6.07) is 9.28. The van der Waals surface area contributed by atoms with Crippen LogP contribution in [-0.2, 0) is 0 Å². The number of hydrogen-bond acceptors (Lipinski definition) is 2. The molecule has 0 amide bonds. The van der Waals surface area contributed by atoms with Gasteiger partial charge in [-0.1, -0.05) is 19.1 Å². The van der Waals surface area contributed by atoms with Crippen molar-refractivity contribution in [3.63, 3.8) is 0 Å². The zero-order valence-electron chi connectivity index (χ0n) is 11.1. The van der Waals surface area contributed by atoms with Crippen LogP contribution in [0.3, 0.4) is 0 Å². The second-order valence-electron chi connectivity index (χ2n) is 5.10. The minimum atomic E-state index is 0.248. The molecular formula is C15H23NO. The zero-order chi connectivity index (χ0) is 12.3. The highest BCUT2D eigenvalue weighted by Gasteiger charge is 2.26. The van der Waals surface area contributed by atoms with Crippen molar-refractivity contribution >= 4 is 0 Å². The van der Waals surface area contributed by atoms with Crippen LogP contribution in [0.25, 0.3) is 0 Å². The number of nitrogens with one attached hydrogen (secondary N) is 1. The first kappa shape index (κ1) is 12.4. The summed E-state index contributed by atoms with van der Waals surface area (Å²) in [5, 5.41) is 3.57. The lowest BCUT2D eigenvalue weighted by molar-refractivity contribution is 0.242. The van der Waals surface area contributed by atoms with E-state index in [1.54, 1.807) is 0 Å². The SMILES string of the molecule is CCC1NCCC1c1ccc(OC(C)C)cc1. The van der Waals surface area contributed by atoms with E-state index in [0.717, 1.165) is 12.3 Å². The summed E-state index contributed by atoms with van der Waals surface area (Å²) in [4.78, 5) is 0. The molecule has 2 nitrogen and oxygen atoms in total. The molecule has 0 aliphatic carbocycles. The third kappa shape index (κ3) is 3.01. The van der Waals surface area contributed by atoms with E-state index in [-0.39, 0.29) is 6.10 Å². The van der Waals surface area contributed by atoms with E-state index in [4.69, 9.17) is 4.74 Å². The maximum Gasteiger partial charge on any atom is 0.119 e. The van der Waals surface area contributed by atoms with Gasteiger partial charge in [-0.3, -0.25) is 0 Å². The fourth-order valence-electron chi connectivity index (χ4n) is 2.66. The van der Waals surface area contributed by atoms with Gasteiger partial charge >= 0.3 is 0 Å².